The molecular formula is C15H24N4. The summed E-state index contributed by atoms with van der Waals surface area (Å²) in [7, 11) is 0. The van der Waals surface area contributed by atoms with Crippen LogP contribution >= 0.6 is 0 Å². The third kappa shape index (κ3) is 3.06. The van der Waals surface area contributed by atoms with Gasteiger partial charge in [-0.25, -0.2) is 9.97 Å². The Labute approximate surface area is 115 Å². The fourth-order valence-electron chi connectivity index (χ4n) is 3.24. The van der Waals surface area contributed by atoms with Gasteiger partial charge in [-0.2, -0.15) is 0 Å². The van der Waals surface area contributed by atoms with Crippen molar-refractivity contribution in [3.8, 4) is 0 Å². The standard InChI is InChI=1S/C15H24N4/c16-13-7-10-19(11-8-13)15-17-9-6-14(18-15)12-4-2-1-3-5-12/h6,9,12-13H,1-5,7-8,10-11,16H2. The molecule has 0 atom stereocenters. The zero-order valence-corrected chi connectivity index (χ0v) is 11.6. The van der Waals surface area contributed by atoms with Crippen LogP contribution in [-0.2, 0) is 0 Å². The first-order chi connectivity index (χ1) is 9.33. The molecule has 1 aromatic rings. The van der Waals surface area contributed by atoms with Crippen molar-refractivity contribution in [3.05, 3.63) is 18.0 Å². The van der Waals surface area contributed by atoms with Crippen molar-refractivity contribution in [3.63, 3.8) is 0 Å². The number of nitrogens with two attached hydrogens (primary N) is 1. The summed E-state index contributed by atoms with van der Waals surface area (Å²) in [5, 5.41) is 0. The van der Waals surface area contributed by atoms with Gasteiger partial charge in [0.15, 0.2) is 0 Å². The highest BCUT2D eigenvalue weighted by atomic mass is 15.3. The highest BCUT2D eigenvalue weighted by Crippen LogP contribution is 2.32. The number of rotatable bonds is 2. The SMILES string of the molecule is NC1CCN(c2nccc(C3CCCCC3)n2)CC1. The molecular weight excluding hydrogens is 236 g/mol. The van der Waals surface area contributed by atoms with Crippen LogP contribution in [-0.4, -0.2) is 29.1 Å². The fraction of sp³-hybridized carbons (Fsp3) is 0.733. The summed E-state index contributed by atoms with van der Waals surface area (Å²) in [4.78, 5) is 11.6. The van der Waals surface area contributed by atoms with Gasteiger partial charge in [0.05, 0.1) is 0 Å². The van der Waals surface area contributed by atoms with E-state index in [9.17, 15) is 0 Å². The molecule has 1 aliphatic heterocycles. The highest BCUT2D eigenvalue weighted by molar-refractivity contribution is 5.32. The number of piperidine rings is 1. The van der Waals surface area contributed by atoms with Crippen LogP contribution < -0.4 is 10.6 Å². The van der Waals surface area contributed by atoms with Crippen molar-refractivity contribution in [2.75, 3.05) is 18.0 Å². The Morgan fingerprint density at radius 3 is 2.53 bits per heavy atom. The minimum Gasteiger partial charge on any atom is -0.341 e. The third-order valence-electron chi connectivity index (χ3n) is 4.51. The maximum absolute atomic E-state index is 5.95. The number of hydrogen-bond donors (Lipinski definition) is 1. The van der Waals surface area contributed by atoms with Crippen molar-refractivity contribution >= 4 is 5.95 Å². The zero-order chi connectivity index (χ0) is 13.1. The van der Waals surface area contributed by atoms with E-state index in [0.717, 1.165) is 31.9 Å². The van der Waals surface area contributed by atoms with E-state index < -0.39 is 0 Å². The van der Waals surface area contributed by atoms with E-state index in [4.69, 9.17) is 10.7 Å². The molecule has 0 unspecified atom stereocenters. The first kappa shape index (κ1) is 12.9. The van der Waals surface area contributed by atoms with Gasteiger partial charge < -0.3 is 10.6 Å². The van der Waals surface area contributed by atoms with Crippen LogP contribution in [0.1, 0.15) is 56.6 Å². The topological polar surface area (TPSA) is 55.0 Å². The lowest BCUT2D eigenvalue weighted by Gasteiger charge is -2.30. The van der Waals surface area contributed by atoms with Gasteiger partial charge in [0.2, 0.25) is 5.95 Å². The number of anilines is 1. The van der Waals surface area contributed by atoms with Crippen LogP contribution in [0.3, 0.4) is 0 Å². The lowest BCUT2D eigenvalue weighted by atomic mass is 9.87. The minimum atomic E-state index is 0.359. The summed E-state index contributed by atoms with van der Waals surface area (Å²) in [6.45, 7) is 1.99. The molecule has 4 nitrogen and oxygen atoms in total. The van der Waals surface area contributed by atoms with Crippen molar-refractivity contribution < 1.29 is 0 Å². The third-order valence-corrected chi connectivity index (χ3v) is 4.51. The Bertz CT molecular complexity index is 406. The molecule has 2 fully saturated rings. The van der Waals surface area contributed by atoms with Gasteiger partial charge in [0.25, 0.3) is 0 Å². The second-order valence-corrected chi connectivity index (χ2v) is 5.94. The molecule has 1 aliphatic carbocycles. The van der Waals surface area contributed by atoms with Crippen molar-refractivity contribution in [2.24, 2.45) is 5.73 Å². The monoisotopic (exact) mass is 260 g/mol. The smallest absolute Gasteiger partial charge is 0.225 e. The largest absolute Gasteiger partial charge is 0.341 e. The number of nitrogens with zero attached hydrogens (tertiary/aromatic N) is 3. The predicted molar refractivity (Wildman–Crippen MR) is 77.3 cm³/mol. The van der Waals surface area contributed by atoms with Gasteiger partial charge in [-0.05, 0) is 31.7 Å². The van der Waals surface area contributed by atoms with Crippen LogP contribution in [0.4, 0.5) is 5.95 Å². The number of aromatic nitrogens is 2. The summed E-state index contributed by atoms with van der Waals surface area (Å²) in [5.41, 5.74) is 7.20. The van der Waals surface area contributed by atoms with E-state index in [-0.39, 0.29) is 0 Å². The Morgan fingerprint density at radius 1 is 1.05 bits per heavy atom. The Kier molecular flexibility index (Phi) is 3.97. The van der Waals surface area contributed by atoms with Crippen LogP contribution in [0, 0.1) is 0 Å². The molecule has 0 amide bonds. The van der Waals surface area contributed by atoms with E-state index in [2.05, 4.69) is 16.0 Å². The molecule has 2 aliphatic rings. The van der Waals surface area contributed by atoms with Crippen LogP contribution in [0.2, 0.25) is 0 Å². The molecule has 1 saturated carbocycles. The van der Waals surface area contributed by atoms with E-state index in [0.29, 0.717) is 12.0 Å². The first-order valence-electron chi connectivity index (χ1n) is 7.66. The molecule has 0 aromatic carbocycles. The highest BCUT2D eigenvalue weighted by Gasteiger charge is 2.21. The minimum absolute atomic E-state index is 0.359. The van der Waals surface area contributed by atoms with Crippen molar-refractivity contribution in [1.29, 1.82) is 0 Å². The summed E-state index contributed by atoms with van der Waals surface area (Å²) >= 11 is 0. The number of hydrogen-bond acceptors (Lipinski definition) is 4. The lowest BCUT2D eigenvalue weighted by Crippen LogP contribution is -2.40. The summed E-state index contributed by atoms with van der Waals surface area (Å²) in [6.07, 6.45) is 10.7. The molecule has 1 saturated heterocycles. The molecule has 2 N–H and O–H groups in total. The van der Waals surface area contributed by atoms with E-state index in [1.165, 1.54) is 37.8 Å². The predicted octanol–water partition coefficient (Wildman–Crippen LogP) is 2.45. The summed E-state index contributed by atoms with van der Waals surface area (Å²) < 4.78 is 0. The van der Waals surface area contributed by atoms with E-state index >= 15 is 0 Å². The average molecular weight is 260 g/mol. The summed E-state index contributed by atoms with van der Waals surface area (Å²) in [5.74, 6) is 1.57. The Hall–Kier alpha value is -1.16. The first-order valence-corrected chi connectivity index (χ1v) is 7.66. The van der Waals surface area contributed by atoms with Gasteiger partial charge in [-0.3, -0.25) is 0 Å². The lowest BCUT2D eigenvalue weighted by molar-refractivity contribution is 0.435. The normalized spacial score (nSPS) is 22.7. The molecule has 4 heteroatoms. The van der Waals surface area contributed by atoms with Gasteiger partial charge in [0, 0.05) is 36.9 Å². The fourth-order valence-corrected chi connectivity index (χ4v) is 3.24. The van der Waals surface area contributed by atoms with E-state index in [1.807, 2.05) is 6.20 Å². The molecule has 0 spiro atoms. The molecule has 1 aromatic heterocycles. The molecule has 2 heterocycles. The molecule has 104 valence electrons. The van der Waals surface area contributed by atoms with Gasteiger partial charge in [-0.1, -0.05) is 19.3 Å². The van der Waals surface area contributed by atoms with E-state index in [1.54, 1.807) is 0 Å². The van der Waals surface area contributed by atoms with Gasteiger partial charge in [0.1, 0.15) is 0 Å². The second-order valence-electron chi connectivity index (χ2n) is 5.94. The maximum Gasteiger partial charge on any atom is 0.225 e. The Balaban J connectivity index is 1.72. The van der Waals surface area contributed by atoms with Gasteiger partial charge in [-0.15, -0.1) is 0 Å². The summed E-state index contributed by atoms with van der Waals surface area (Å²) in [6, 6.07) is 2.47. The van der Waals surface area contributed by atoms with Crippen LogP contribution in [0.15, 0.2) is 12.3 Å². The van der Waals surface area contributed by atoms with Crippen LogP contribution in [0.25, 0.3) is 0 Å². The molecule has 0 radical (unpaired) electrons. The zero-order valence-electron chi connectivity index (χ0n) is 11.6. The van der Waals surface area contributed by atoms with Crippen LogP contribution in [0.5, 0.6) is 0 Å². The average Bonchev–Trinajstić information content (AvgIpc) is 2.49. The molecule has 0 bridgehead atoms. The maximum atomic E-state index is 5.95. The van der Waals surface area contributed by atoms with Gasteiger partial charge >= 0.3 is 0 Å². The van der Waals surface area contributed by atoms with Crippen molar-refractivity contribution in [2.45, 2.75) is 56.9 Å². The Morgan fingerprint density at radius 2 is 1.79 bits per heavy atom. The molecule has 19 heavy (non-hydrogen) atoms. The second kappa shape index (κ2) is 5.87. The quantitative estimate of drug-likeness (QED) is 0.887. The van der Waals surface area contributed by atoms with Crippen molar-refractivity contribution in [1.82, 2.24) is 9.97 Å². The molecule has 3 rings (SSSR count).